The van der Waals surface area contributed by atoms with Crippen LogP contribution in [0.4, 0.5) is 0 Å². The summed E-state index contributed by atoms with van der Waals surface area (Å²) in [5.74, 6) is -0.177. The normalized spacial score (nSPS) is 14.2. The number of aromatic amines is 1. The van der Waals surface area contributed by atoms with Crippen molar-refractivity contribution >= 4 is 22.7 Å². The van der Waals surface area contributed by atoms with Gasteiger partial charge in [0.2, 0.25) is 11.8 Å². The largest absolute Gasteiger partial charge is 0.381 e. The molecular weight excluding hydrogens is 402 g/mol. The first-order valence-corrected chi connectivity index (χ1v) is 11.9. The lowest BCUT2D eigenvalue weighted by molar-refractivity contribution is -0.140. The number of hydrogen-bond donors (Lipinski definition) is 2. The minimum Gasteiger partial charge on any atom is -0.381 e. The van der Waals surface area contributed by atoms with Crippen molar-refractivity contribution in [1.29, 1.82) is 0 Å². The van der Waals surface area contributed by atoms with Crippen LogP contribution in [0.2, 0.25) is 0 Å². The molecule has 1 aromatic heterocycles. The van der Waals surface area contributed by atoms with Crippen LogP contribution in [0.5, 0.6) is 0 Å². The molecular formula is C26H41N3O3. The lowest BCUT2D eigenvalue weighted by atomic mass is 9.90. The fraction of sp³-hybridized carbons (Fsp3) is 0.615. The Morgan fingerprint density at radius 3 is 2.56 bits per heavy atom. The van der Waals surface area contributed by atoms with E-state index in [0.717, 1.165) is 54.3 Å². The summed E-state index contributed by atoms with van der Waals surface area (Å²) in [6, 6.07) is 8.00. The van der Waals surface area contributed by atoms with Crippen LogP contribution in [0, 0.1) is 6.92 Å². The predicted octanol–water partition coefficient (Wildman–Crippen LogP) is 4.75. The maximum Gasteiger partial charge on any atom is 0.247 e. The van der Waals surface area contributed by atoms with Crippen LogP contribution < -0.4 is 5.32 Å². The lowest BCUT2D eigenvalue weighted by Gasteiger charge is -2.34. The van der Waals surface area contributed by atoms with E-state index < -0.39 is 5.54 Å². The van der Waals surface area contributed by atoms with E-state index in [2.05, 4.69) is 24.1 Å². The summed E-state index contributed by atoms with van der Waals surface area (Å²) >= 11 is 0. The van der Waals surface area contributed by atoms with Gasteiger partial charge in [0.05, 0.1) is 12.5 Å². The molecule has 2 rings (SSSR count). The molecule has 2 amide bonds. The Balaban J connectivity index is 2.20. The fourth-order valence-corrected chi connectivity index (χ4v) is 4.37. The maximum absolute atomic E-state index is 13.4. The topological polar surface area (TPSA) is 74.4 Å². The third kappa shape index (κ3) is 6.58. The van der Waals surface area contributed by atoms with Gasteiger partial charge in [-0.2, -0.15) is 0 Å². The van der Waals surface area contributed by atoms with Crippen molar-refractivity contribution in [3.05, 3.63) is 35.5 Å². The van der Waals surface area contributed by atoms with Gasteiger partial charge in [-0.3, -0.25) is 9.59 Å². The average Bonchev–Trinajstić information content (AvgIpc) is 3.09. The molecule has 0 aliphatic heterocycles. The Labute approximate surface area is 193 Å². The third-order valence-electron chi connectivity index (χ3n) is 6.36. The molecule has 1 aromatic carbocycles. The van der Waals surface area contributed by atoms with Crippen LogP contribution in [0.1, 0.15) is 70.6 Å². The Morgan fingerprint density at radius 2 is 1.91 bits per heavy atom. The van der Waals surface area contributed by atoms with Crippen molar-refractivity contribution in [2.24, 2.45) is 0 Å². The van der Waals surface area contributed by atoms with Crippen LogP contribution in [-0.2, 0) is 20.7 Å². The molecule has 0 aliphatic carbocycles. The van der Waals surface area contributed by atoms with Gasteiger partial charge in [-0.05, 0) is 51.2 Å². The molecule has 2 N–H and O–H groups in total. The molecule has 0 saturated carbocycles. The maximum atomic E-state index is 13.4. The molecule has 0 aliphatic rings. The van der Waals surface area contributed by atoms with Gasteiger partial charge in [-0.1, -0.05) is 44.9 Å². The van der Waals surface area contributed by atoms with Crippen LogP contribution in [0.25, 0.3) is 10.9 Å². The number of para-hydroxylation sites is 1. The minimum absolute atomic E-state index is 0.0405. The molecule has 178 valence electrons. The molecule has 1 heterocycles. The number of nitrogens with one attached hydrogen (secondary N) is 2. The zero-order chi connectivity index (χ0) is 23.7. The molecule has 6 heteroatoms. The number of ether oxygens (including phenoxy) is 1. The van der Waals surface area contributed by atoms with Gasteiger partial charge in [0.15, 0.2) is 0 Å². The van der Waals surface area contributed by atoms with E-state index >= 15 is 0 Å². The van der Waals surface area contributed by atoms with E-state index in [1.54, 1.807) is 12.0 Å². The van der Waals surface area contributed by atoms with Crippen molar-refractivity contribution in [1.82, 2.24) is 15.2 Å². The number of aryl methyl sites for hydroxylation is 1. The van der Waals surface area contributed by atoms with E-state index in [0.29, 0.717) is 13.0 Å². The molecule has 2 unspecified atom stereocenters. The van der Waals surface area contributed by atoms with Crippen LogP contribution in [0.15, 0.2) is 24.3 Å². The summed E-state index contributed by atoms with van der Waals surface area (Å²) in [6.45, 7) is 8.76. The summed E-state index contributed by atoms with van der Waals surface area (Å²) in [7, 11) is 3.54. The molecule has 0 bridgehead atoms. The number of likely N-dealkylation sites (N-methyl/N-ethyl adjacent to an activating group) is 1. The second kappa shape index (κ2) is 12.0. The Bertz CT molecular complexity index is 892. The van der Waals surface area contributed by atoms with Gasteiger partial charge in [0, 0.05) is 37.3 Å². The van der Waals surface area contributed by atoms with Gasteiger partial charge in [0.1, 0.15) is 5.54 Å². The predicted molar refractivity (Wildman–Crippen MR) is 131 cm³/mol. The van der Waals surface area contributed by atoms with E-state index in [9.17, 15) is 9.59 Å². The van der Waals surface area contributed by atoms with Gasteiger partial charge >= 0.3 is 0 Å². The molecule has 6 nitrogen and oxygen atoms in total. The summed E-state index contributed by atoms with van der Waals surface area (Å²) in [4.78, 5) is 31.7. The standard InChI is InChI=1S/C26H41N3O3/c1-7-9-17-29(5)25(31)26(4,16-15-20(32-6)12-8-2)28-24(30)18-22-19(3)27-23-14-11-10-13-21(22)23/h10-11,13-14,20,27H,7-9,12,15-18H2,1-6H3,(H,28,30). The number of unbranched alkanes of at least 4 members (excludes halogenated alkanes) is 1. The van der Waals surface area contributed by atoms with E-state index in [1.165, 1.54) is 0 Å². The molecule has 32 heavy (non-hydrogen) atoms. The van der Waals surface area contributed by atoms with Gasteiger partial charge in [-0.15, -0.1) is 0 Å². The SMILES string of the molecule is CCCCN(C)C(=O)C(C)(CCC(CCC)OC)NC(=O)Cc1c(C)[nH]c2ccccc12. The Kier molecular flexibility index (Phi) is 9.76. The lowest BCUT2D eigenvalue weighted by Crippen LogP contribution is -2.57. The third-order valence-corrected chi connectivity index (χ3v) is 6.36. The number of nitrogens with zero attached hydrogens (tertiary/aromatic N) is 1. The first-order valence-electron chi connectivity index (χ1n) is 11.9. The Hall–Kier alpha value is -2.34. The minimum atomic E-state index is -0.968. The summed E-state index contributed by atoms with van der Waals surface area (Å²) in [5, 5.41) is 4.15. The average molecular weight is 444 g/mol. The van der Waals surface area contributed by atoms with Crippen molar-refractivity contribution in [3.63, 3.8) is 0 Å². The van der Waals surface area contributed by atoms with Gasteiger partial charge in [-0.25, -0.2) is 0 Å². The number of benzene rings is 1. The van der Waals surface area contributed by atoms with Crippen LogP contribution in [0.3, 0.4) is 0 Å². The first-order chi connectivity index (χ1) is 15.3. The molecule has 0 saturated heterocycles. The monoisotopic (exact) mass is 443 g/mol. The number of methoxy groups -OCH3 is 1. The number of aromatic nitrogens is 1. The highest BCUT2D eigenvalue weighted by Crippen LogP contribution is 2.24. The van der Waals surface area contributed by atoms with Gasteiger partial charge in [0.25, 0.3) is 0 Å². The number of amides is 2. The van der Waals surface area contributed by atoms with Gasteiger partial charge < -0.3 is 19.9 Å². The second-order valence-electron chi connectivity index (χ2n) is 9.10. The highest BCUT2D eigenvalue weighted by atomic mass is 16.5. The molecule has 0 radical (unpaired) electrons. The summed E-state index contributed by atoms with van der Waals surface area (Å²) in [6.07, 6.45) is 5.50. The number of H-pyrrole nitrogens is 1. The van der Waals surface area contributed by atoms with Crippen LogP contribution >= 0.6 is 0 Å². The zero-order valence-electron chi connectivity index (χ0n) is 20.7. The fourth-order valence-electron chi connectivity index (χ4n) is 4.37. The zero-order valence-corrected chi connectivity index (χ0v) is 20.7. The van der Waals surface area contributed by atoms with E-state index in [-0.39, 0.29) is 24.3 Å². The molecule has 2 atom stereocenters. The number of rotatable bonds is 13. The Morgan fingerprint density at radius 1 is 1.19 bits per heavy atom. The summed E-state index contributed by atoms with van der Waals surface area (Å²) in [5.41, 5.74) is 2.02. The van der Waals surface area contributed by atoms with E-state index in [1.807, 2.05) is 45.2 Å². The van der Waals surface area contributed by atoms with E-state index in [4.69, 9.17) is 4.74 Å². The van der Waals surface area contributed by atoms with Crippen molar-refractivity contribution in [2.45, 2.75) is 84.3 Å². The molecule has 0 fully saturated rings. The highest BCUT2D eigenvalue weighted by Gasteiger charge is 2.37. The van der Waals surface area contributed by atoms with Crippen molar-refractivity contribution < 1.29 is 14.3 Å². The molecule has 2 aromatic rings. The summed E-state index contributed by atoms with van der Waals surface area (Å²) < 4.78 is 5.60. The van der Waals surface area contributed by atoms with Crippen LogP contribution in [-0.4, -0.2) is 54.0 Å². The first kappa shape index (κ1) is 25.9. The second-order valence-corrected chi connectivity index (χ2v) is 9.10. The van der Waals surface area contributed by atoms with Crippen molar-refractivity contribution in [2.75, 3.05) is 20.7 Å². The number of fused-ring (bicyclic) bond motifs is 1. The van der Waals surface area contributed by atoms with Crippen molar-refractivity contribution in [3.8, 4) is 0 Å². The number of carbonyl (C=O) groups excluding carboxylic acids is 2. The quantitative estimate of drug-likeness (QED) is 0.469. The smallest absolute Gasteiger partial charge is 0.247 e. The number of hydrogen-bond acceptors (Lipinski definition) is 3. The highest BCUT2D eigenvalue weighted by molar-refractivity contribution is 5.94. The molecule has 0 spiro atoms. The number of carbonyl (C=O) groups is 2.